The molecule has 0 spiro atoms. The summed E-state index contributed by atoms with van der Waals surface area (Å²) < 4.78 is 5.56. The van der Waals surface area contributed by atoms with E-state index in [0.29, 0.717) is 5.75 Å². The Hall–Kier alpha value is -2.99. The molecule has 0 aromatic heterocycles. The lowest BCUT2D eigenvalue weighted by Gasteiger charge is -2.12. The van der Waals surface area contributed by atoms with Gasteiger partial charge in [0.2, 0.25) is 5.91 Å². The first kappa shape index (κ1) is 19.8. The van der Waals surface area contributed by atoms with Crippen molar-refractivity contribution < 1.29 is 14.3 Å². The van der Waals surface area contributed by atoms with Gasteiger partial charge in [-0.25, -0.2) is 0 Å². The molecule has 144 valence electrons. The van der Waals surface area contributed by atoms with E-state index in [0.717, 1.165) is 26.8 Å². The average Bonchev–Trinajstić information content (AvgIpc) is 2.70. The molecule has 0 heterocycles. The second-order valence-electron chi connectivity index (χ2n) is 6.40. The zero-order valence-corrected chi connectivity index (χ0v) is 16.6. The van der Waals surface area contributed by atoms with Gasteiger partial charge in [0.25, 0.3) is 5.91 Å². The van der Waals surface area contributed by atoms with Crippen molar-refractivity contribution in [2.24, 2.45) is 0 Å². The van der Waals surface area contributed by atoms with Crippen molar-refractivity contribution in [3.63, 3.8) is 0 Å². The number of hydrogen-bond donors (Lipinski definition) is 2. The number of hydrogen-bond acceptors (Lipinski definition) is 4. The number of amides is 2. The minimum atomic E-state index is -0.410. The van der Waals surface area contributed by atoms with Crippen LogP contribution in [0.5, 0.6) is 5.75 Å². The maximum atomic E-state index is 12.0. The summed E-state index contributed by atoms with van der Waals surface area (Å²) in [4.78, 5) is 24.9. The predicted octanol–water partition coefficient (Wildman–Crippen LogP) is 3.78. The first-order valence-electron chi connectivity index (χ1n) is 8.91. The van der Waals surface area contributed by atoms with Gasteiger partial charge >= 0.3 is 0 Å². The number of rotatable bonds is 6. The van der Waals surface area contributed by atoms with Crippen molar-refractivity contribution in [1.82, 2.24) is 10.9 Å². The van der Waals surface area contributed by atoms with E-state index >= 15 is 0 Å². The Morgan fingerprint density at radius 2 is 1.54 bits per heavy atom. The standard InChI is InChI=1S/C22H22N2O3S/c1-15-6-5-7-16(2)22(15)27-13-20(25)23-24-21(26)14-28-19-11-10-17-8-3-4-9-18(17)12-19/h3-12H,13-14H2,1-2H3,(H,23,25)(H,24,26). The van der Waals surface area contributed by atoms with E-state index in [2.05, 4.69) is 10.9 Å². The van der Waals surface area contributed by atoms with Crippen LogP contribution in [-0.2, 0) is 9.59 Å². The molecule has 0 aliphatic heterocycles. The Morgan fingerprint density at radius 1 is 0.857 bits per heavy atom. The van der Waals surface area contributed by atoms with Gasteiger partial charge in [-0.05, 0) is 47.9 Å². The van der Waals surface area contributed by atoms with E-state index in [1.165, 1.54) is 11.8 Å². The lowest BCUT2D eigenvalue weighted by atomic mass is 10.1. The first-order valence-corrected chi connectivity index (χ1v) is 9.90. The van der Waals surface area contributed by atoms with Gasteiger partial charge in [0.1, 0.15) is 5.75 Å². The number of thioether (sulfide) groups is 1. The van der Waals surface area contributed by atoms with E-state index in [4.69, 9.17) is 4.74 Å². The number of aryl methyl sites for hydroxylation is 2. The zero-order chi connectivity index (χ0) is 19.9. The number of ether oxygens (including phenoxy) is 1. The Bertz CT molecular complexity index is 984. The van der Waals surface area contributed by atoms with Gasteiger partial charge in [-0.15, -0.1) is 11.8 Å². The fourth-order valence-corrected chi connectivity index (χ4v) is 3.53. The van der Waals surface area contributed by atoms with E-state index in [9.17, 15) is 9.59 Å². The van der Waals surface area contributed by atoms with Crippen molar-refractivity contribution in [2.45, 2.75) is 18.7 Å². The molecular weight excluding hydrogens is 372 g/mol. The monoisotopic (exact) mass is 394 g/mol. The number of carbonyl (C=O) groups excluding carboxylic acids is 2. The van der Waals surface area contributed by atoms with Crippen LogP contribution in [0.15, 0.2) is 65.6 Å². The molecule has 6 heteroatoms. The first-order chi connectivity index (χ1) is 13.5. The molecule has 28 heavy (non-hydrogen) atoms. The molecule has 3 aromatic rings. The van der Waals surface area contributed by atoms with E-state index in [-0.39, 0.29) is 18.3 Å². The molecule has 0 fully saturated rings. The van der Waals surface area contributed by atoms with Crippen molar-refractivity contribution in [1.29, 1.82) is 0 Å². The molecule has 3 rings (SSSR count). The molecule has 0 unspecified atom stereocenters. The third-order valence-electron chi connectivity index (χ3n) is 4.19. The normalized spacial score (nSPS) is 10.5. The highest BCUT2D eigenvalue weighted by atomic mass is 32.2. The Balaban J connectivity index is 1.42. The van der Waals surface area contributed by atoms with Gasteiger partial charge in [-0.1, -0.05) is 48.5 Å². The molecule has 0 saturated heterocycles. The fourth-order valence-electron chi connectivity index (χ4n) is 2.78. The third kappa shape index (κ3) is 5.27. The number of fused-ring (bicyclic) bond motifs is 1. The highest BCUT2D eigenvalue weighted by molar-refractivity contribution is 8.00. The van der Waals surface area contributed by atoms with Gasteiger partial charge in [0.15, 0.2) is 6.61 Å². The summed E-state index contributed by atoms with van der Waals surface area (Å²) in [5, 5.41) is 2.29. The van der Waals surface area contributed by atoms with Crippen LogP contribution in [0.2, 0.25) is 0 Å². The third-order valence-corrected chi connectivity index (χ3v) is 5.18. The Morgan fingerprint density at radius 3 is 2.29 bits per heavy atom. The molecular formula is C22H22N2O3S. The quantitative estimate of drug-likeness (QED) is 0.493. The number of benzene rings is 3. The largest absolute Gasteiger partial charge is 0.483 e. The lowest BCUT2D eigenvalue weighted by Crippen LogP contribution is -2.44. The molecule has 0 saturated carbocycles. The van der Waals surface area contributed by atoms with Crippen LogP contribution in [0.1, 0.15) is 11.1 Å². The lowest BCUT2D eigenvalue weighted by molar-refractivity contribution is -0.128. The van der Waals surface area contributed by atoms with Crippen molar-refractivity contribution in [3.8, 4) is 5.75 Å². The topological polar surface area (TPSA) is 67.4 Å². The Labute approximate surface area is 168 Å². The van der Waals surface area contributed by atoms with Gasteiger partial charge < -0.3 is 4.74 Å². The van der Waals surface area contributed by atoms with Crippen LogP contribution < -0.4 is 15.6 Å². The molecule has 2 amide bonds. The zero-order valence-electron chi connectivity index (χ0n) is 15.8. The fraction of sp³-hybridized carbons (Fsp3) is 0.182. The SMILES string of the molecule is Cc1cccc(C)c1OCC(=O)NNC(=O)CSc1ccc2ccccc2c1. The number of hydrazine groups is 1. The predicted molar refractivity (Wildman–Crippen MR) is 112 cm³/mol. The van der Waals surface area contributed by atoms with Gasteiger partial charge in [-0.3, -0.25) is 20.4 Å². The molecule has 0 aliphatic carbocycles. The summed E-state index contributed by atoms with van der Waals surface area (Å²) in [7, 11) is 0. The van der Waals surface area contributed by atoms with Crippen LogP contribution in [-0.4, -0.2) is 24.2 Å². The molecule has 0 aliphatic rings. The Kier molecular flexibility index (Phi) is 6.55. The van der Waals surface area contributed by atoms with Crippen LogP contribution in [0, 0.1) is 13.8 Å². The van der Waals surface area contributed by atoms with Crippen molar-refractivity contribution in [3.05, 3.63) is 71.8 Å². The minimum Gasteiger partial charge on any atom is -0.483 e. The molecule has 0 radical (unpaired) electrons. The molecule has 0 atom stereocenters. The summed E-state index contributed by atoms with van der Waals surface area (Å²) in [5.41, 5.74) is 6.72. The highest BCUT2D eigenvalue weighted by Crippen LogP contribution is 2.23. The summed E-state index contributed by atoms with van der Waals surface area (Å²) in [6, 6.07) is 19.9. The highest BCUT2D eigenvalue weighted by Gasteiger charge is 2.09. The molecule has 2 N–H and O–H groups in total. The van der Waals surface area contributed by atoms with Gasteiger partial charge in [0, 0.05) is 4.90 Å². The average molecular weight is 394 g/mol. The van der Waals surface area contributed by atoms with Crippen LogP contribution in [0.25, 0.3) is 10.8 Å². The number of para-hydroxylation sites is 1. The summed E-state index contributed by atoms with van der Waals surface area (Å²) in [5.74, 6) is 0.206. The van der Waals surface area contributed by atoms with Crippen molar-refractivity contribution in [2.75, 3.05) is 12.4 Å². The smallest absolute Gasteiger partial charge is 0.276 e. The van der Waals surface area contributed by atoms with Gasteiger partial charge in [0.05, 0.1) is 5.75 Å². The van der Waals surface area contributed by atoms with E-state index < -0.39 is 5.91 Å². The summed E-state index contributed by atoms with van der Waals surface area (Å²) in [6.45, 7) is 3.68. The van der Waals surface area contributed by atoms with Crippen LogP contribution in [0.4, 0.5) is 0 Å². The van der Waals surface area contributed by atoms with Crippen molar-refractivity contribution >= 4 is 34.3 Å². The molecule has 5 nitrogen and oxygen atoms in total. The molecule has 3 aromatic carbocycles. The maximum Gasteiger partial charge on any atom is 0.276 e. The second kappa shape index (κ2) is 9.28. The van der Waals surface area contributed by atoms with E-state index in [1.54, 1.807) is 0 Å². The summed E-state index contributed by atoms with van der Waals surface area (Å²) >= 11 is 1.41. The number of nitrogens with one attached hydrogen (secondary N) is 2. The minimum absolute atomic E-state index is 0.163. The van der Waals surface area contributed by atoms with Crippen LogP contribution in [0.3, 0.4) is 0 Å². The van der Waals surface area contributed by atoms with Crippen LogP contribution >= 0.6 is 11.8 Å². The van der Waals surface area contributed by atoms with Gasteiger partial charge in [-0.2, -0.15) is 0 Å². The second-order valence-corrected chi connectivity index (χ2v) is 7.45. The molecule has 0 bridgehead atoms. The van der Waals surface area contributed by atoms with E-state index in [1.807, 2.05) is 74.5 Å². The maximum absolute atomic E-state index is 12.0. The number of carbonyl (C=O) groups is 2. The summed E-state index contributed by atoms with van der Waals surface area (Å²) in [6.07, 6.45) is 0.